The summed E-state index contributed by atoms with van der Waals surface area (Å²) < 4.78 is 1.94. The molecule has 3 heterocycles. The number of aromatic nitrogens is 2. The molecule has 130 valence electrons. The van der Waals surface area contributed by atoms with Gasteiger partial charge in [-0.25, -0.2) is 14.4 Å². The molecule has 0 fully saturated rings. The molecule has 2 aromatic carbocycles. The van der Waals surface area contributed by atoms with Crippen LogP contribution in [0, 0.1) is 13.8 Å². The maximum absolute atomic E-state index is 12.9. The van der Waals surface area contributed by atoms with E-state index in [-0.39, 0.29) is 11.1 Å². The van der Waals surface area contributed by atoms with Gasteiger partial charge in [-0.05, 0) is 43.2 Å². The first-order valence-electron chi connectivity index (χ1n) is 8.45. The van der Waals surface area contributed by atoms with E-state index in [0.717, 1.165) is 27.4 Å². The van der Waals surface area contributed by atoms with Crippen molar-refractivity contribution in [3.8, 4) is 0 Å². The van der Waals surface area contributed by atoms with Gasteiger partial charge in [-0.2, -0.15) is 0 Å². The number of carbonyl (C=O) groups excluding carboxylic acids is 1. The highest BCUT2D eigenvalue weighted by molar-refractivity contribution is 7.15. The van der Waals surface area contributed by atoms with Gasteiger partial charge in [0.25, 0.3) is 11.5 Å². The first-order chi connectivity index (χ1) is 13.0. The van der Waals surface area contributed by atoms with E-state index in [1.807, 2.05) is 44.2 Å². The van der Waals surface area contributed by atoms with Crippen LogP contribution in [0.3, 0.4) is 0 Å². The zero-order valence-corrected chi connectivity index (χ0v) is 15.4. The highest BCUT2D eigenvalue weighted by atomic mass is 32.1. The monoisotopic (exact) mass is 371 g/mol. The number of para-hydroxylation sites is 1. The molecule has 0 N–H and O–H groups in total. The third-order valence-electron chi connectivity index (χ3n) is 4.85. The number of hydrogen-bond donors (Lipinski definition) is 0. The number of aryl methyl sites for hydroxylation is 2. The molecule has 0 bridgehead atoms. The first-order valence-corrected chi connectivity index (χ1v) is 9.26. The number of fused-ring (bicyclic) bond motifs is 4. The molecule has 0 atom stereocenters. The van der Waals surface area contributed by atoms with Gasteiger partial charge in [-0.15, -0.1) is 0 Å². The van der Waals surface area contributed by atoms with Gasteiger partial charge in [0, 0.05) is 5.22 Å². The fourth-order valence-electron chi connectivity index (χ4n) is 3.25. The SMILES string of the molecule is Cc1ccc2c(nc3sc(=C=C4C=c5ccccc5=NC4=O)c(=O)n32)c1C. The summed E-state index contributed by atoms with van der Waals surface area (Å²) in [6.45, 7) is 4.03. The highest BCUT2D eigenvalue weighted by Crippen LogP contribution is 2.22. The normalized spacial score (nSPS) is 13.4. The van der Waals surface area contributed by atoms with E-state index in [9.17, 15) is 9.59 Å². The molecule has 1 aliphatic heterocycles. The molecular formula is C21H13N3O2S. The second-order valence-electron chi connectivity index (χ2n) is 6.50. The Morgan fingerprint density at radius 3 is 2.74 bits per heavy atom. The lowest BCUT2D eigenvalue weighted by molar-refractivity contribution is -0.114. The Balaban J connectivity index is 1.86. The molecule has 6 heteroatoms. The Kier molecular flexibility index (Phi) is 3.28. The molecule has 2 aromatic heterocycles. The first kappa shape index (κ1) is 15.9. The van der Waals surface area contributed by atoms with Crippen molar-refractivity contribution in [3.63, 3.8) is 0 Å². The van der Waals surface area contributed by atoms with E-state index in [4.69, 9.17) is 0 Å². The lowest BCUT2D eigenvalue weighted by Crippen LogP contribution is -2.30. The molecule has 5 nitrogen and oxygen atoms in total. The molecule has 0 aliphatic carbocycles. The van der Waals surface area contributed by atoms with Crippen LogP contribution < -0.4 is 20.7 Å². The Bertz CT molecular complexity index is 1570. The number of carbonyl (C=O) groups is 1. The highest BCUT2D eigenvalue weighted by Gasteiger charge is 2.14. The topological polar surface area (TPSA) is 63.8 Å². The zero-order chi connectivity index (χ0) is 18.7. The van der Waals surface area contributed by atoms with E-state index < -0.39 is 5.91 Å². The van der Waals surface area contributed by atoms with E-state index >= 15 is 0 Å². The van der Waals surface area contributed by atoms with Crippen LogP contribution in [0.25, 0.3) is 27.8 Å². The average Bonchev–Trinajstić information content (AvgIpc) is 3.16. The van der Waals surface area contributed by atoms with Crippen molar-refractivity contribution in [1.29, 1.82) is 0 Å². The molecular weight excluding hydrogens is 358 g/mol. The van der Waals surface area contributed by atoms with Crippen LogP contribution in [0.4, 0.5) is 0 Å². The summed E-state index contributed by atoms with van der Waals surface area (Å²) in [6, 6.07) is 11.3. The van der Waals surface area contributed by atoms with Crippen LogP contribution in [-0.2, 0) is 4.79 Å². The Morgan fingerprint density at radius 1 is 1.07 bits per heavy atom. The third kappa shape index (κ3) is 2.31. The Labute approximate surface area is 156 Å². The number of rotatable bonds is 0. The summed E-state index contributed by atoms with van der Waals surface area (Å²) >= 11 is 1.23. The van der Waals surface area contributed by atoms with Crippen LogP contribution in [0.5, 0.6) is 0 Å². The van der Waals surface area contributed by atoms with Gasteiger partial charge in [-0.1, -0.05) is 41.3 Å². The van der Waals surface area contributed by atoms with Gasteiger partial charge in [0.15, 0.2) is 4.96 Å². The predicted molar refractivity (Wildman–Crippen MR) is 105 cm³/mol. The summed E-state index contributed by atoms with van der Waals surface area (Å²) in [7, 11) is 0. The van der Waals surface area contributed by atoms with Crippen LogP contribution in [-0.4, -0.2) is 15.3 Å². The maximum atomic E-state index is 12.9. The number of imidazole rings is 1. The number of nitrogens with zero attached hydrogens (tertiary/aromatic N) is 3. The molecule has 1 aliphatic rings. The lowest BCUT2D eigenvalue weighted by Gasteiger charge is -1.99. The van der Waals surface area contributed by atoms with E-state index in [2.05, 4.69) is 15.7 Å². The fraction of sp³-hybridized carbons (Fsp3) is 0.0952. The quantitative estimate of drug-likeness (QED) is 0.436. The summed E-state index contributed by atoms with van der Waals surface area (Å²) in [6.07, 6.45) is 1.72. The van der Waals surface area contributed by atoms with Crippen LogP contribution in [0.1, 0.15) is 11.1 Å². The Morgan fingerprint density at radius 2 is 1.89 bits per heavy atom. The van der Waals surface area contributed by atoms with Crippen molar-refractivity contribution < 1.29 is 4.79 Å². The molecule has 5 rings (SSSR count). The third-order valence-corrected chi connectivity index (χ3v) is 5.79. The standard InChI is InChI=1S/C21H13N3O2S/c1-11-7-8-16-18(12(11)2)23-21-24(16)20(26)17(27-21)10-14-9-13-5-3-4-6-15(13)22-19(14)25/h3-9H,1-2H3. The predicted octanol–water partition coefficient (Wildman–Crippen LogP) is 1.19. The summed E-state index contributed by atoms with van der Waals surface area (Å²) in [4.78, 5) is 34.5. The van der Waals surface area contributed by atoms with Crippen molar-refractivity contribution >= 4 is 45.0 Å². The molecule has 1 amide bonds. The molecule has 0 unspecified atom stereocenters. The van der Waals surface area contributed by atoms with Gasteiger partial charge in [0.1, 0.15) is 4.53 Å². The number of hydrogen-bond acceptors (Lipinski definition) is 4. The van der Waals surface area contributed by atoms with Crippen molar-refractivity contribution in [3.05, 3.63) is 78.6 Å². The molecule has 27 heavy (non-hydrogen) atoms. The molecule has 4 aromatic rings. The molecule has 0 saturated heterocycles. The van der Waals surface area contributed by atoms with Crippen LogP contribution >= 0.6 is 11.3 Å². The van der Waals surface area contributed by atoms with Gasteiger partial charge in [0.05, 0.1) is 22.0 Å². The second-order valence-corrected chi connectivity index (χ2v) is 7.48. The second kappa shape index (κ2) is 5.58. The number of benzene rings is 2. The van der Waals surface area contributed by atoms with Gasteiger partial charge >= 0.3 is 0 Å². The lowest BCUT2D eigenvalue weighted by atomic mass is 10.1. The van der Waals surface area contributed by atoms with E-state index in [1.165, 1.54) is 11.3 Å². The van der Waals surface area contributed by atoms with Crippen LogP contribution in [0.15, 0.2) is 51.8 Å². The minimum absolute atomic E-state index is 0.215. The van der Waals surface area contributed by atoms with Crippen molar-refractivity contribution in [2.24, 2.45) is 4.99 Å². The van der Waals surface area contributed by atoms with Crippen LogP contribution in [0.2, 0.25) is 0 Å². The average molecular weight is 371 g/mol. The fourth-order valence-corrected chi connectivity index (χ4v) is 4.18. The van der Waals surface area contributed by atoms with Gasteiger partial charge in [0.2, 0.25) is 0 Å². The smallest absolute Gasteiger partial charge is 0.267 e. The molecule has 0 saturated carbocycles. The van der Waals surface area contributed by atoms with Gasteiger partial charge < -0.3 is 0 Å². The largest absolute Gasteiger partial charge is 0.285 e. The maximum Gasteiger partial charge on any atom is 0.285 e. The minimum atomic E-state index is -0.393. The minimum Gasteiger partial charge on any atom is -0.267 e. The van der Waals surface area contributed by atoms with E-state index in [0.29, 0.717) is 14.9 Å². The number of amides is 1. The van der Waals surface area contributed by atoms with Crippen molar-refractivity contribution in [1.82, 2.24) is 9.38 Å². The summed E-state index contributed by atoms with van der Waals surface area (Å²) in [5.41, 5.74) is 6.86. The summed E-state index contributed by atoms with van der Waals surface area (Å²) in [5.74, 6) is -0.393. The van der Waals surface area contributed by atoms with Crippen molar-refractivity contribution in [2.75, 3.05) is 0 Å². The Hall–Kier alpha value is -3.34. The molecule has 0 radical (unpaired) electrons. The number of thiazole rings is 1. The van der Waals surface area contributed by atoms with E-state index in [1.54, 1.807) is 16.5 Å². The zero-order valence-electron chi connectivity index (χ0n) is 14.6. The summed E-state index contributed by atoms with van der Waals surface area (Å²) in [5, 5.41) is 1.47. The molecule has 0 spiro atoms. The van der Waals surface area contributed by atoms with Crippen molar-refractivity contribution in [2.45, 2.75) is 13.8 Å². The van der Waals surface area contributed by atoms with Gasteiger partial charge in [-0.3, -0.25) is 9.59 Å².